The zero-order chi connectivity index (χ0) is 10.4. The van der Waals surface area contributed by atoms with Crippen molar-refractivity contribution in [3.05, 3.63) is 0 Å². The lowest BCUT2D eigenvalue weighted by atomic mass is 9.79. The number of alkyl halides is 1. The van der Waals surface area contributed by atoms with Gasteiger partial charge in [0.15, 0.2) is 0 Å². The number of hydrogen-bond donors (Lipinski definition) is 0. The van der Waals surface area contributed by atoms with Gasteiger partial charge in [0.25, 0.3) is 0 Å². The maximum Gasteiger partial charge on any atom is 0.111 e. The fourth-order valence-corrected chi connectivity index (χ4v) is 3.74. The van der Waals surface area contributed by atoms with Crippen molar-refractivity contribution in [3.63, 3.8) is 0 Å². The predicted molar refractivity (Wildman–Crippen MR) is 63.8 cm³/mol. The van der Waals surface area contributed by atoms with Gasteiger partial charge in [0.1, 0.15) is 4.87 Å². The highest BCUT2D eigenvalue weighted by atomic mass is 35.5. The van der Waals surface area contributed by atoms with Gasteiger partial charge in [-0.25, -0.2) is 0 Å². The molecular weight excluding hydrogens is 204 g/mol. The quantitative estimate of drug-likeness (QED) is 0.427. The molecule has 0 aromatic carbocycles. The first-order chi connectivity index (χ1) is 7.24. The summed E-state index contributed by atoms with van der Waals surface area (Å²) in [5.74, 6) is 7.54. The third-order valence-corrected chi connectivity index (χ3v) is 5.32. The minimum Gasteiger partial charge on any atom is -0.104 e. The fraction of sp³-hybridized carbons (Fsp3) is 0.857. The monoisotopic (exact) mass is 222 g/mol. The molecule has 3 aliphatic rings. The molecule has 0 radical (unpaired) electrons. The summed E-state index contributed by atoms with van der Waals surface area (Å²) in [5.41, 5.74) is 0.468. The lowest BCUT2D eigenvalue weighted by molar-refractivity contribution is 0.279. The van der Waals surface area contributed by atoms with Gasteiger partial charge in [-0.1, -0.05) is 37.5 Å². The smallest absolute Gasteiger partial charge is 0.104 e. The van der Waals surface area contributed by atoms with Crippen molar-refractivity contribution in [2.45, 2.75) is 62.7 Å². The van der Waals surface area contributed by atoms with Gasteiger partial charge in [-0.2, -0.15) is 0 Å². The Morgan fingerprint density at radius 2 is 1.73 bits per heavy atom. The summed E-state index contributed by atoms with van der Waals surface area (Å²) in [6, 6.07) is 0. The summed E-state index contributed by atoms with van der Waals surface area (Å²) >= 11 is 6.55. The highest BCUT2D eigenvalue weighted by Gasteiger charge is 2.68. The molecule has 82 valence electrons. The van der Waals surface area contributed by atoms with E-state index in [9.17, 15) is 0 Å². The van der Waals surface area contributed by atoms with E-state index < -0.39 is 0 Å². The van der Waals surface area contributed by atoms with E-state index in [1.165, 1.54) is 57.8 Å². The maximum atomic E-state index is 6.55. The first-order valence-electron chi connectivity index (χ1n) is 6.46. The Morgan fingerprint density at radius 1 is 1.00 bits per heavy atom. The van der Waals surface area contributed by atoms with Crippen LogP contribution in [0.5, 0.6) is 0 Å². The molecule has 0 aromatic rings. The Bertz CT molecular complexity index is 312. The Balaban J connectivity index is 1.63. The van der Waals surface area contributed by atoms with Crippen LogP contribution in [0.3, 0.4) is 0 Å². The average molecular weight is 223 g/mol. The van der Waals surface area contributed by atoms with Crippen molar-refractivity contribution in [3.8, 4) is 11.8 Å². The van der Waals surface area contributed by atoms with Crippen molar-refractivity contribution in [2.24, 2.45) is 11.3 Å². The van der Waals surface area contributed by atoms with Crippen LogP contribution in [0.25, 0.3) is 0 Å². The van der Waals surface area contributed by atoms with Gasteiger partial charge < -0.3 is 0 Å². The zero-order valence-corrected chi connectivity index (χ0v) is 10.1. The SMILES string of the molecule is ClC1(C#CC2CCCCC2)CC12CCC2. The molecule has 0 bridgehead atoms. The molecule has 1 atom stereocenters. The summed E-state index contributed by atoms with van der Waals surface area (Å²) in [4.78, 5) is -0.0945. The van der Waals surface area contributed by atoms with Gasteiger partial charge >= 0.3 is 0 Å². The lowest BCUT2D eigenvalue weighted by Crippen LogP contribution is -2.21. The van der Waals surface area contributed by atoms with Gasteiger partial charge in [0, 0.05) is 11.3 Å². The number of rotatable bonds is 0. The Hall–Kier alpha value is -0.150. The first kappa shape index (κ1) is 10.0. The molecule has 0 N–H and O–H groups in total. The highest BCUT2D eigenvalue weighted by Crippen LogP contribution is 2.71. The molecule has 0 aromatic heterocycles. The molecule has 0 amide bonds. The lowest BCUT2D eigenvalue weighted by Gasteiger charge is -2.27. The molecule has 3 aliphatic carbocycles. The molecule has 15 heavy (non-hydrogen) atoms. The molecule has 1 heteroatoms. The van der Waals surface area contributed by atoms with Crippen LogP contribution < -0.4 is 0 Å². The first-order valence-corrected chi connectivity index (χ1v) is 6.84. The van der Waals surface area contributed by atoms with Crippen LogP contribution in [0.15, 0.2) is 0 Å². The van der Waals surface area contributed by atoms with Crippen molar-refractivity contribution in [1.29, 1.82) is 0 Å². The Morgan fingerprint density at radius 3 is 2.27 bits per heavy atom. The molecule has 0 heterocycles. The zero-order valence-electron chi connectivity index (χ0n) is 9.32. The van der Waals surface area contributed by atoms with Gasteiger partial charge in [-0.15, -0.1) is 11.6 Å². The molecule has 1 unspecified atom stereocenters. The molecule has 0 saturated heterocycles. The van der Waals surface area contributed by atoms with E-state index in [0.29, 0.717) is 11.3 Å². The maximum absolute atomic E-state index is 6.55. The fourth-order valence-electron chi connectivity index (χ4n) is 3.24. The molecule has 3 saturated carbocycles. The second kappa shape index (κ2) is 3.42. The van der Waals surface area contributed by atoms with Crippen LogP contribution in [0, 0.1) is 23.2 Å². The standard InChI is InChI=1S/C14H19Cl/c15-14(11-13(14)8-4-9-13)10-7-12-5-2-1-3-6-12/h12H,1-6,8-9,11H2. The summed E-state index contributed by atoms with van der Waals surface area (Å²) in [6.45, 7) is 0. The topological polar surface area (TPSA) is 0 Å². The summed E-state index contributed by atoms with van der Waals surface area (Å²) in [6.07, 6.45) is 12.0. The number of halogens is 1. The van der Waals surface area contributed by atoms with E-state index >= 15 is 0 Å². The Kier molecular flexibility index (Phi) is 2.29. The molecular formula is C14H19Cl. The summed E-state index contributed by atoms with van der Waals surface area (Å²) < 4.78 is 0. The van der Waals surface area contributed by atoms with Gasteiger partial charge in [-0.05, 0) is 32.1 Å². The van der Waals surface area contributed by atoms with Crippen LogP contribution >= 0.6 is 11.6 Å². The second-order valence-electron chi connectivity index (χ2n) is 5.72. The van der Waals surface area contributed by atoms with Crippen molar-refractivity contribution in [2.75, 3.05) is 0 Å². The van der Waals surface area contributed by atoms with Crippen LogP contribution in [0.1, 0.15) is 57.8 Å². The minimum atomic E-state index is -0.0945. The molecule has 3 fully saturated rings. The highest BCUT2D eigenvalue weighted by molar-refractivity contribution is 6.29. The third-order valence-electron chi connectivity index (χ3n) is 4.69. The van der Waals surface area contributed by atoms with Crippen LogP contribution in [0.2, 0.25) is 0 Å². The van der Waals surface area contributed by atoms with Gasteiger partial charge in [0.05, 0.1) is 0 Å². The van der Waals surface area contributed by atoms with Gasteiger partial charge in [0.2, 0.25) is 0 Å². The summed E-state index contributed by atoms with van der Waals surface area (Å²) in [5, 5.41) is 0. The van der Waals surface area contributed by atoms with Crippen LogP contribution in [-0.2, 0) is 0 Å². The summed E-state index contributed by atoms with van der Waals surface area (Å²) in [7, 11) is 0. The third kappa shape index (κ3) is 1.60. The second-order valence-corrected chi connectivity index (χ2v) is 6.36. The predicted octanol–water partition coefficient (Wildman–Crippen LogP) is 4.12. The van der Waals surface area contributed by atoms with E-state index in [1.54, 1.807) is 0 Å². The van der Waals surface area contributed by atoms with Crippen molar-refractivity contribution >= 4 is 11.6 Å². The van der Waals surface area contributed by atoms with Crippen LogP contribution in [0.4, 0.5) is 0 Å². The van der Waals surface area contributed by atoms with Crippen molar-refractivity contribution in [1.82, 2.24) is 0 Å². The van der Waals surface area contributed by atoms with Crippen LogP contribution in [-0.4, -0.2) is 4.87 Å². The Labute approximate surface area is 97.8 Å². The largest absolute Gasteiger partial charge is 0.111 e. The van der Waals surface area contributed by atoms with E-state index in [0.717, 1.165) is 0 Å². The molecule has 1 spiro atoms. The minimum absolute atomic E-state index is 0.0945. The van der Waals surface area contributed by atoms with E-state index in [-0.39, 0.29) is 4.87 Å². The number of hydrogen-bond acceptors (Lipinski definition) is 0. The molecule has 0 nitrogen and oxygen atoms in total. The normalized spacial score (nSPS) is 37.9. The van der Waals surface area contributed by atoms with E-state index in [1.807, 2.05) is 0 Å². The molecule has 3 rings (SSSR count). The molecule has 0 aliphatic heterocycles. The van der Waals surface area contributed by atoms with Gasteiger partial charge in [-0.3, -0.25) is 0 Å². The van der Waals surface area contributed by atoms with E-state index in [4.69, 9.17) is 11.6 Å². The van der Waals surface area contributed by atoms with E-state index in [2.05, 4.69) is 11.8 Å². The van der Waals surface area contributed by atoms with Crippen molar-refractivity contribution < 1.29 is 0 Å². The average Bonchev–Trinajstić information content (AvgIpc) is 2.85.